The molecule has 3 saturated heterocycles. The van der Waals surface area contributed by atoms with Crippen molar-refractivity contribution in [3.8, 4) is 22.3 Å². The van der Waals surface area contributed by atoms with Crippen molar-refractivity contribution < 1.29 is 14.4 Å². The minimum Gasteiger partial charge on any atom is -0.339 e. The molecule has 65 heavy (non-hydrogen) atoms. The number of imidazole rings is 1. The molecule has 3 aromatic carbocycles. The van der Waals surface area contributed by atoms with Gasteiger partial charge in [0.25, 0.3) is 5.91 Å². The standard InChI is InChI=1S/C50H51N11O4/c1-56-39(25-41-40(13-18-51-47(41)56)36-7-9-42-37(23-36)26-52-55-42)30-58-19-16-33(17-20-58)32-3-5-34(6-4-32)49(64)59-21-14-31(15-22-59)28-60-29-38(27-53-60)35-8-10-43-45(24-35)57(2)50(65)61(43)44-11-12-46(62)54-48(44)63/h3-10,13,18,23-27,29,31,33,44H,11-12,14-17,19-22,28,30H2,1-2H3,(H,52,55)(H,54,62,63). The largest absolute Gasteiger partial charge is 0.339 e. The number of fused-ring (bicyclic) bond motifs is 3. The van der Waals surface area contributed by atoms with E-state index in [0.717, 1.165) is 96.1 Å². The Labute approximate surface area is 374 Å². The quantitative estimate of drug-likeness (QED) is 0.155. The minimum atomic E-state index is -0.724. The van der Waals surface area contributed by atoms with Crippen LogP contribution in [0.2, 0.25) is 0 Å². The summed E-state index contributed by atoms with van der Waals surface area (Å²) < 4.78 is 7.25. The number of H-pyrrole nitrogens is 1. The number of likely N-dealkylation sites (tertiary alicyclic amines) is 2. The first-order chi connectivity index (χ1) is 31.6. The molecule has 1 unspecified atom stereocenters. The molecule has 11 rings (SSSR count). The van der Waals surface area contributed by atoms with Crippen LogP contribution in [0.4, 0.5) is 0 Å². The predicted molar refractivity (Wildman–Crippen MR) is 248 cm³/mol. The van der Waals surface area contributed by atoms with E-state index in [9.17, 15) is 19.2 Å². The number of aromatic nitrogens is 8. The maximum Gasteiger partial charge on any atom is 0.329 e. The maximum atomic E-state index is 13.7. The zero-order valence-electron chi connectivity index (χ0n) is 36.6. The molecule has 5 aromatic heterocycles. The number of benzene rings is 3. The number of aryl methyl sites for hydroxylation is 2. The number of nitrogens with one attached hydrogen (secondary N) is 2. The summed E-state index contributed by atoms with van der Waals surface area (Å²) in [5.41, 5.74) is 10.6. The molecule has 8 aromatic rings. The molecule has 2 N–H and O–H groups in total. The third-order valence-electron chi connectivity index (χ3n) is 14.3. The average Bonchev–Trinajstić information content (AvgIpc) is 4.12. The smallest absolute Gasteiger partial charge is 0.329 e. The van der Waals surface area contributed by atoms with Gasteiger partial charge in [0.05, 0.1) is 28.9 Å². The zero-order chi connectivity index (χ0) is 44.3. The van der Waals surface area contributed by atoms with Crippen molar-refractivity contribution in [2.24, 2.45) is 20.0 Å². The second-order valence-corrected chi connectivity index (χ2v) is 18.2. The summed E-state index contributed by atoms with van der Waals surface area (Å²) in [6.07, 6.45) is 12.1. The number of piperidine rings is 3. The number of amides is 3. The van der Waals surface area contributed by atoms with Crippen LogP contribution in [0.25, 0.3) is 55.2 Å². The molecule has 330 valence electrons. The number of aromatic amines is 1. The van der Waals surface area contributed by atoms with Gasteiger partial charge >= 0.3 is 5.69 Å². The summed E-state index contributed by atoms with van der Waals surface area (Å²) in [5, 5.41) is 16.5. The molecule has 0 aliphatic carbocycles. The van der Waals surface area contributed by atoms with Gasteiger partial charge in [0.15, 0.2) is 0 Å². The molecule has 15 heteroatoms. The van der Waals surface area contributed by atoms with Crippen molar-refractivity contribution in [1.29, 1.82) is 0 Å². The Kier molecular flexibility index (Phi) is 10.3. The van der Waals surface area contributed by atoms with E-state index in [1.807, 2.05) is 64.7 Å². The molecule has 15 nitrogen and oxygen atoms in total. The number of rotatable bonds is 9. The molecule has 3 aliphatic rings. The highest BCUT2D eigenvalue weighted by atomic mass is 16.2. The highest BCUT2D eigenvalue weighted by molar-refractivity contribution is 6.00. The lowest BCUT2D eigenvalue weighted by Crippen LogP contribution is -2.44. The highest BCUT2D eigenvalue weighted by Crippen LogP contribution is 2.34. The Hall–Kier alpha value is -7.13. The van der Waals surface area contributed by atoms with E-state index in [-0.39, 0.29) is 23.9 Å². The number of imide groups is 1. The molecule has 3 amide bonds. The lowest BCUT2D eigenvalue weighted by Gasteiger charge is -2.33. The third-order valence-corrected chi connectivity index (χ3v) is 14.3. The average molecular weight is 870 g/mol. The van der Waals surface area contributed by atoms with Crippen LogP contribution in [0.15, 0.2) is 102 Å². The first-order valence-electron chi connectivity index (χ1n) is 22.7. The second kappa shape index (κ2) is 16.5. The van der Waals surface area contributed by atoms with Gasteiger partial charge in [-0.2, -0.15) is 10.2 Å². The number of hydrogen-bond donors (Lipinski definition) is 2. The minimum absolute atomic E-state index is 0.0945. The van der Waals surface area contributed by atoms with Crippen LogP contribution in [-0.4, -0.2) is 92.4 Å². The number of hydrogen-bond acceptors (Lipinski definition) is 8. The number of nitrogens with zero attached hydrogens (tertiary/aromatic N) is 9. The molecule has 3 fully saturated rings. The highest BCUT2D eigenvalue weighted by Gasteiger charge is 2.32. The normalized spacial score (nSPS) is 18.1. The number of pyridine rings is 1. The summed E-state index contributed by atoms with van der Waals surface area (Å²) in [5.74, 6) is 0.195. The van der Waals surface area contributed by atoms with Crippen molar-refractivity contribution in [2.45, 2.75) is 63.6 Å². The van der Waals surface area contributed by atoms with Gasteiger partial charge in [0.2, 0.25) is 11.8 Å². The zero-order valence-corrected chi connectivity index (χ0v) is 36.6. The first kappa shape index (κ1) is 40.6. The van der Waals surface area contributed by atoms with Gasteiger partial charge in [0, 0.05) is 86.7 Å². The molecule has 0 radical (unpaired) electrons. The monoisotopic (exact) mass is 869 g/mol. The van der Waals surface area contributed by atoms with E-state index in [1.165, 1.54) is 21.4 Å². The molecular weight excluding hydrogens is 819 g/mol. The van der Waals surface area contributed by atoms with Gasteiger partial charge in [-0.05, 0) is 128 Å². The van der Waals surface area contributed by atoms with E-state index < -0.39 is 11.9 Å². The van der Waals surface area contributed by atoms with E-state index in [2.05, 4.69) is 79.6 Å². The summed E-state index contributed by atoms with van der Waals surface area (Å²) in [6.45, 7) is 5.08. The SMILES string of the molecule is Cn1c(CN2CCC(c3ccc(C(=O)N4CCC(Cn5cc(-c6ccc7c(c6)n(C)c(=O)n7C6CCC(=O)NC6=O)cn5)CC4)cc3)CC2)cc2c(-c3ccc4[nH]ncc4c3)ccnc21. The van der Waals surface area contributed by atoms with Crippen LogP contribution in [0.1, 0.15) is 72.1 Å². The Morgan fingerprint density at radius 2 is 1.58 bits per heavy atom. The first-order valence-corrected chi connectivity index (χ1v) is 22.7. The molecule has 0 spiro atoms. The van der Waals surface area contributed by atoms with Gasteiger partial charge in [-0.25, -0.2) is 9.78 Å². The van der Waals surface area contributed by atoms with Gasteiger partial charge in [-0.15, -0.1) is 0 Å². The Balaban J connectivity index is 0.670. The lowest BCUT2D eigenvalue weighted by molar-refractivity contribution is -0.135. The second-order valence-electron chi connectivity index (χ2n) is 18.2. The van der Waals surface area contributed by atoms with Crippen molar-refractivity contribution in [3.05, 3.63) is 125 Å². The van der Waals surface area contributed by atoms with Crippen molar-refractivity contribution in [3.63, 3.8) is 0 Å². The van der Waals surface area contributed by atoms with E-state index in [1.54, 1.807) is 11.6 Å². The number of carbonyl (C=O) groups is 3. The van der Waals surface area contributed by atoms with Crippen LogP contribution >= 0.6 is 0 Å². The van der Waals surface area contributed by atoms with Crippen LogP contribution in [0, 0.1) is 5.92 Å². The fraction of sp³-hybridized carbons (Fsp3) is 0.340. The Morgan fingerprint density at radius 3 is 2.38 bits per heavy atom. The van der Waals surface area contributed by atoms with Crippen LogP contribution in [0.5, 0.6) is 0 Å². The van der Waals surface area contributed by atoms with Crippen LogP contribution < -0.4 is 11.0 Å². The van der Waals surface area contributed by atoms with Crippen molar-refractivity contribution in [2.75, 3.05) is 26.2 Å². The molecule has 3 aliphatic heterocycles. The predicted octanol–water partition coefficient (Wildman–Crippen LogP) is 6.54. The lowest BCUT2D eigenvalue weighted by atomic mass is 9.88. The molecule has 0 bridgehead atoms. The van der Waals surface area contributed by atoms with Crippen LogP contribution in [0.3, 0.4) is 0 Å². The fourth-order valence-electron chi connectivity index (χ4n) is 10.5. The van der Waals surface area contributed by atoms with E-state index in [0.29, 0.717) is 42.4 Å². The topological polar surface area (TPSA) is 161 Å². The molecule has 8 heterocycles. The van der Waals surface area contributed by atoms with E-state index >= 15 is 0 Å². The van der Waals surface area contributed by atoms with Gasteiger partial charge in [-0.1, -0.05) is 24.3 Å². The maximum absolute atomic E-state index is 13.7. The summed E-state index contributed by atoms with van der Waals surface area (Å²) in [6, 6.07) is 24.2. The van der Waals surface area contributed by atoms with E-state index in [4.69, 9.17) is 4.98 Å². The molecular formula is C50H51N11O4. The summed E-state index contributed by atoms with van der Waals surface area (Å²) >= 11 is 0. The summed E-state index contributed by atoms with van der Waals surface area (Å²) in [4.78, 5) is 60.6. The van der Waals surface area contributed by atoms with Crippen LogP contribution in [-0.2, 0) is 36.8 Å². The number of carbonyl (C=O) groups excluding carboxylic acids is 3. The van der Waals surface area contributed by atoms with Crippen molar-refractivity contribution in [1.82, 2.24) is 53.8 Å². The van der Waals surface area contributed by atoms with Crippen molar-refractivity contribution >= 4 is 50.7 Å². The Morgan fingerprint density at radius 1 is 0.785 bits per heavy atom. The fourth-order valence-corrected chi connectivity index (χ4v) is 10.5. The Bertz CT molecular complexity index is 3190. The third kappa shape index (κ3) is 7.52. The molecule has 0 saturated carbocycles. The summed E-state index contributed by atoms with van der Waals surface area (Å²) in [7, 11) is 3.82. The molecule has 1 atom stereocenters. The van der Waals surface area contributed by atoms with Gasteiger partial charge < -0.3 is 9.47 Å². The van der Waals surface area contributed by atoms with Gasteiger partial charge in [-0.3, -0.25) is 43.5 Å². The van der Waals surface area contributed by atoms with Gasteiger partial charge in [0.1, 0.15) is 11.7 Å².